The van der Waals surface area contributed by atoms with Crippen molar-refractivity contribution in [1.82, 2.24) is 0 Å². The summed E-state index contributed by atoms with van der Waals surface area (Å²) < 4.78 is 12.2. The first-order valence-corrected chi connectivity index (χ1v) is 10.1. The number of nitrogens with one attached hydrogen (secondary N) is 1. The van der Waals surface area contributed by atoms with Gasteiger partial charge in [0.15, 0.2) is 5.76 Å². The number of fused-ring (bicyclic) bond motifs is 1. The minimum absolute atomic E-state index is 0.0870. The Balaban J connectivity index is 1.82. The molecule has 4 rings (SSSR count). The SMILES string of the molecule is CC1=CC(c2cc(C)cc(C)c2C2=COC(C)CC(C)O2)Nc2ccccc21. The van der Waals surface area contributed by atoms with Gasteiger partial charge in [-0.05, 0) is 57.4 Å². The molecule has 28 heavy (non-hydrogen) atoms. The number of hydrogen-bond acceptors (Lipinski definition) is 3. The smallest absolute Gasteiger partial charge is 0.161 e. The third kappa shape index (κ3) is 3.54. The Kier molecular flexibility index (Phi) is 4.92. The molecule has 0 radical (unpaired) electrons. The van der Waals surface area contributed by atoms with Crippen LogP contribution >= 0.6 is 0 Å². The van der Waals surface area contributed by atoms with E-state index in [1.54, 1.807) is 0 Å². The van der Waals surface area contributed by atoms with Crippen molar-refractivity contribution in [2.45, 2.75) is 59.3 Å². The van der Waals surface area contributed by atoms with E-state index in [-0.39, 0.29) is 18.2 Å². The maximum Gasteiger partial charge on any atom is 0.161 e. The van der Waals surface area contributed by atoms with Crippen molar-refractivity contribution in [2.75, 3.05) is 5.32 Å². The third-order valence-corrected chi connectivity index (χ3v) is 5.57. The average Bonchev–Trinajstić information content (AvgIpc) is 2.81. The van der Waals surface area contributed by atoms with Crippen LogP contribution in [0.25, 0.3) is 11.3 Å². The molecular formula is C25H29NO2. The molecule has 0 spiro atoms. The summed E-state index contributed by atoms with van der Waals surface area (Å²) in [7, 11) is 0. The predicted octanol–water partition coefficient (Wildman–Crippen LogP) is 6.39. The van der Waals surface area contributed by atoms with Gasteiger partial charge in [0.25, 0.3) is 0 Å². The molecule has 2 heterocycles. The number of aryl methyl sites for hydroxylation is 2. The number of ether oxygens (including phenoxy) is 2. The molecule has 0 aliphatic carbocycles. The number of allylic oxidation sites excluding steroid dienone is 1. The standard InChI is InChI=1S/C25H29NO2/c1-15-10-17(3)25(24-14-27-18(4)13-19(5)28-24)21(11-15)23-12-16(2)20-8-6-7-9-22(20)26-23/h6-12,14,18-19,23,26H,13H2,1-5H3. The van der Waals surface area contributed by atoms with Crippen LogP contribution in [-0.4, -0.2) is 12.2 Å². The first kappa shape index (κ1) is 18.7. The van der Waals surface area contributed by atoms with Crippen molar-refractivity contribution in [1.29, 1.82) is 0 Å². The van der Waals surface area contributed by atoms with Crippen molar-refractivity contribution >= 4 is 17.0 Å². The fraction of sp³-hybridized carbons (Fsp3) is 0.360. The molecule has 0 fully saturated rings. The molecule has 2 aromatic carbocycles. The predicted molar refractivity (Wildman–Crippen MR) is 116 cm³/mol. The molecule has 3 nitrogen and oxygen atoms in total. The number of hydrogen-bond donors (Lipinski definition) is 1. The molecule has 1 N–H and O–H groups in total. The summed E-state index contributed by atoms with van der Waals surface area (Å²) in [4.78, 5) is 0. The van der Waals surface area contributed by atoms with Gasteiger partial charge in [-0.15, -0.1) is 0 Å². The lowest BCUT2D eigenvalue weighted by Crippen LogP contribution is -2.17. The van der Waals surface area contributed by atoms with Crippen LogP contribution in [0.1, 0.15) is 61.1 Å². The van der Waals surface area contributed by atoms with Crippen molar-refractivity contribution < 1.29 is 9.47 Å². The zero-order valence-electron chi connectivity index (χ0n) is 17.4. The van der Waals surface area contributed by atoms with Crippen LogP contribution in [-0.2, 0) is 9.47 Å². The number of benzene rings is 2. The second-order valence-electron chi connectivity index (χ2n) is 8.16. The number of para-hydroxylation sites is 1. The molecule has 0 saturated heterocycles. The molecule has 2 aliphatic rings. The van der Waals surface area contributed by atoms with E-state index in [0.717, 1.165) is 17.7 Å². The largest absolute Gasteiger partial charge is 0.494 e. The molecule has 0 saturated carbocycles. The lowest BCUT2D eigenvalue weighted by molar-refractivity contribution is 0.117. The summed E-state index contributed by atoms with van der Waals surface area (Å²) in [5.41, 5.74) is 8.54. The summed E-state index contributed by atoms with van der Waals surface area (Å²) in [5.74, 6) is 0.830. The highest BCUT2D eigenvalue weighted by atomic mass is 16.5. The Hall–Kier alpha value is -2.68. The fourth-order valence-corrected chi connectivity index (χ4v) is 4.36. The zero-order valence-corrected chi connectivity index (χ0v) is 17.4. The Morgan fingerprint density at radius 2 is 1.79 bits per heavy atom. The zero-order chi connectivity index (χ0) is 19.8. The number of rotatable bonds is 2. The second kappa shape index (κ2) is 7.38. The molecule has 0 bridgehead atoms. The Bertz CT molecular complexity index is 957. The summed E-state index contributed by atoms with van der Waals surface area (Å²) in [6.45, 7) is 10.7. The first-order valence-electron chi connectivity index (χ1n) is 10.1. The van der Waals surface area contributed by atoms with E-state index in [2.05, 4.69) is 82.4 Å². The molecule has 3 unspecified atom stereocenters. The van der Waals surface area contributed by atoms with Gasteiger partial charge in [-0.25, -0.2) is 0 Å². The molecule has 146 valence electrons. The molecular weight excluding hydrogens is 346 g/mol. The summed E-state index contributed by atoms with van der Waals surface area (Å²) in [6, 6.07) is 13.1. The van der Waals surface area contributed by atoms with Gasteiger partial charge >= 0.3 is 0 Å². The average molecular weight is 376 g/mol. The topological polar surface area (TPSA) is 30.5 Å². The van der Waals surface area contributed by atoms with E-state index in [1.165, 1.54) is 33.5 Å². The summed E-state index contributed by atoms with van der Waals surface area (Å²) in [6.07, 6.45) is 5.28. The van der Waals surface area contributed by atoms with Crippen molar-refractivity contribution in [3.05, 3.63) is 76.6 Å². The Labute approximate surface area is 168 Å². The normalized spacial score (nSPS) is 24.0. The van der Waals surface area contributed by atoms with Crippen LogP contribution in [0.2, 0.25) is 0 Å². The minimum atomic E-state index is 0.0870. The van der Waals surface area contributed by atoms with Gasteiger partial charge < -0.3 is 14.8 Å². The van der Waals surface area contributed by atoms with Gasteiger partial charge in [-0.1, -0.05) is 42.0 Å². The van der Waals surface area contributed by atoms with Gasteiger partial charge in [0.05, 0.1) is 18.2 Å². The van der Waals surface area contributed by atoms with Crippen molar-refractivity contribution in [3.63, 3.8) is 0 Å². The van der Waals surface area contributed by atoms with Crippen LogP contribution in [0.4, 0.5) is 5.69 Å². The van der Waals surface area contributed by atoms with Crippen LogP contribution in [0.15, 0.2) is 48.7 Å². The third-order valence-electron chi connectivity index (χ3n) is 5.57. The van der Waals surface area contributed by atoms with E-state index in [0.29, 0.717) is 0 Å². The highest BCUT2D eigenvalue weighted by Gasteiger charge is 2.26. The molecule has 0 aromatic heterocycles. The fourth-order valence-electron chi connectivity index (χ4n) is 4.36. The Morgan fingerprint density at radius 1 is 1.00 bits per heavy atom. The highest BCUT2D eigenvalue weighted by molar-refractivity contribution is 5.80. The maximum atomic E-state index is 6.30. The molecule has 0 amide bonds. The van der Waals surface area contributed by atoms with E-state index in [9.17, 15) is 0 Å². The second-order valence-corrected chi connectivity index (χ2v) is 8.16. The summed E-state index contributed by atoms with van der Waals surface area (Å²) >= 11 is 0. The van der Waals surface area contributed by atoms with Crippen LogP contribution in [0, 0.1) is 13.8 Å². The van der Waals surface area contributed by atoms with E-state index >= 15 is 0 Å². The first-order chi connectivity index (χ1) is 13.4. The van der Waals surface area contributed by atoms with Crippen LogP contribution in [0.5, 0.6) is 0 Å². The Morgan fingerprint density at radius 3 is 2.61 bits per heavy atom. The monoisotopic (exact) mass is 375 g/mol. The quantitative estimate of drug-likeness (QED) is 0.660. The van der Waals surface area contributed by atoms with E-state index in [1.807, 2.05) is 6.26 Å². The number of anilines is 1. The van der Waals surface area contributed by atoms with Gasteiger partial charge in [-0.3, -0.25) is 0 Å². The van der Waals surface area contributed by atoms with Gasteiger partial charge in [-0.2, -0.15) is 0 Å². The van der Waals surface area contributed by atoms with Crippen LogP contribution in [0.3, 0.4) is 0 Å². The maximum absolute atomic E-state index is 6.30. The van der Waals surface area contributed by atoms with Crippen LogP contribution < -0.4 is 5.32 Å². The molecule has 2 aromatic rings. The lowest BCUT2D eigenvalue weighted by atomic mass is 9.88. The van der Waals surface area contributed by atoms with Crippen molar-refractivity contribution in [3.8, 4) is 0 Å². The van der Waals surface area contributed by atoms with Gasteiger partial charge in [0, 0.05) is 23.2 Å². The van der Waals surface area contributed by atoms with E-state index in [4.69, 9.17) is 9.47 Å². The molecule has 3 atom stereocenters. The van der Waals surface area contributed by atoms with Gasteiger partial charge in [0.2, 0.25) is 0 Å². The minimum Gasteiger partial charge on any atom is -0.494 e. The summed E-state index contributed by atoms with van der Waals surface area (Å²) in [5, 5.41) is 3.71. The highest BCUT2D eigenvalue weighted by Crippen LogP contribution is 2.39. The lowest BCUT2D eigenvalue weighted by Gasteiger charge is -2.29. The van der Waals surface area contributed by atoms with E-state index < -0.39 is 0 Å². The van der Waals surface area contributed by atoms with Crippen molar-refractivity contribution in [2.24, 2.45) is 0 Å². The molecule has 3 heteroatoms. The molecule has 2 aliphatic heterocycles. The van der Waals surface area contributed by atoms with Gasteiger partial charge in [0.1, 0.15) is 6.26 Å².